The van der Waals surface area contributed by atoms with Gasteiger partial charge in [-0.25, -0.2) is 14.5 Å². The summed E-state index contributed by atoms with van der Waals surface area (Å²) < 4.78 is 24.5. The van der Waals surface area contributed by atoms with Gasteiger partial charge in [0.15, 0.2) is 18.7 Å². The standard InChI is InChI=1S/C37H56N6O5/c1-26-32-28(22-42-24-36(5,6)41(23-37(42,7)8)19-18-40(9)34(44)48-35(2,3)4)21-30(27-14-16-29(17-15-27)47-25-45-10)38-33(32)43(39-26)31-13-11-12-20-46-31/h14-17,21,31H,11-13,18-20,22-25H2,1-10H3. The van der Waals surface area contributed by atoms with Crippen molar-refractivity contribution in [3.8, 4) is 17.0 Å². The van der Waals surface area contributed by atoms with Crippen LogP contribution in [0.5, 0.6) is 5.75 Å². The third-order valence-electron chi connectivity index (χ3n) is 9.48. The van der Waals surface area contributed by atoms with Crippen molar-refractivity contribution in [2.75, 3.05) is 53.7 Å². The Morgan fingerprint density at radius 1 is 1.06 bits per heavy atom. The van der Waals surface area contributed by atoms with Crippen molar-refractivity contribution in [1.29, 1.82) is 0 Å². The van der Waals surface area contributed by atoms with E-state index in [4.69, 9.17) is 29.0 Å². The van der Waals surface area contributed by atoms with E-state index >= 15 is 0 Å². The molecule has 0 radical (unpaired) electrons. The summed E-state index contributed by atoms with van der Waals surface area (Å²) in [6, 6.07) is 10.2. The quantitative estimate of drug-likeness (QED) is 0.221. The van der Waals surface area contributed by atoms with Gasteiger partial charge in [0.05, 0.1) is 11.4 Å². The van der Waals surface area contributed by atoms with Gasteiger partial charge in [0.2, 0.25) is 0 Å². The third kappa shape index (κ3) is 8.30. The highest BCUT2D eigenvalue weighted by molar-refractivity contribution is 5.85. The summed E-state index contributed by atoms with van der Waals surface area (Å²) in [7, 11) is 3.43. The van der Waals surface area contributed by atoms with Gasteiger partial charge in [-0.05, 0) is 111 Å². The molecule has 1 amide bonds. The highest BCUT2D eigenvalue weighted by Gasteiger charge is 2.43. The molecule has 264 valence electrons. The number of piperazine rings is 1. The van der Waals surface area contributed by atoms with Crippen molar-refractivity contribution >= 4 is 17.1 Å². The lowest BCUT2D eigenvalue weighted by molar-refractivity contribution is -0.0624. The normalized spacial score (nSPS) is 20.2. The van der Waals surface area contributed by atoms with Crippen LogP contribution in [0.1, 0.15) is 85.2 Å². The Balaban J connectivity index is 1.44. The van der Waals surface area contributed by atoms with Crippen molar-refractivity contribution in [2.24, 2.45) is 0 Å². The fraction of sp³-hybridized carbons (Fsp3) is 0.649. The average molecular weight is 665 g/mol. The minimum absolute atomic E-state index is 0.117. The van der Waals surface area contributed by atoms with Crippen LogP contribution >= 0.6 is 0 Å². The monoisotopic (exact) mass is 664 g/mol. The van der Waals surface area contributed by atoms with E-state index < -0.39 is 5.60 Å². The Hall–Kier alpha value is -3.25. The van der Waals surface area contributed by atoms with Crippen LogP contribution < -0.4 is 4.74 Å². The van der Waals surface area contributed by atoms with Crippen molar-refractivity contribution < 1.29 is 23.7 Å². The number of nitrogens with zero attached hydrogens (tertiary/aromatic N) is 6. The summed E-state index contributed by atoms with van der Waals surface area (Å²) in [6.45, 7) is 21.8. The molecule has 0 saturated carbocycles. The second kappa shape index (κ2) is 14.3. The Bertz CT molecular complexity index is 1550. The number of carbonyl (C=O) groups excluding carboxylic acids is 1. The molecule has 1 atom stereocenters. The van der Waals surface area contributed by atoms with Crippen LogP contribution in [0.15, 0.2) is 30.3 Å². The number of aryl methyl sites for hydroxylation is 1. The molecule has 2 fully saturated rings. The molecule has 0 bridgehead atoms. The van der Waals surface area contributed by atoms with Gasteiger partial charge in [-0.15, -0.1) is 0 Å². The summed E-state index contributed by atoms with van der Waals surface area (Å²) in [5.41, 5.74) is 4.18. The van der Waals surface area contributed by atoms with Crippen LogP contribution in [-0.2, 0) is 20.8 Å². The molecule has 11 heteroatoms. The van der Waals surface area contributed by atoms with Gasteiger partial charge in [-0.1, -0.05) is 0 Å². The van der Waals surface area contributed by atoms with Gasteiger partial charge in [0, 0.05) is 75.5 Å². The molecule has 11 nitrogen and oxygen atoms in total. The first-order chi connectivity index (χ1) is 22.6. The maximum absolute atomic E-state index is 12.6. The SMILES string of the molecule is COCOc1ccc(-c2cc(CN3CC(C)(C)N(CCN(C)C(=O)OC(C)(C)C)CC3(C)C)c3c(C)nn(C4CCCCO4)c3n2)cc1. The molecule has 4 heterocycles. The van der Waals surface area contributed by atoms with Crippen molar-refractivity contribution in [3.63, 3.8) is 0 Å². The first-order valence-electron chi connectivity index (χ1n) is 17.2. The summed E-state index contributed by atoms with van der Waals surface area (Å²) in [5.74, 6) is 0.748. The van der Waals surface area contributed by atoms with E-state index in [-0.39, 0.29) is 30.2 Å². The van der Waals surface area contributed by atoms with Gasteiger partial charge >= 0.3 is 6.09 Å². The third-order valence-corrected chi connectivity index (χ3v) is 9.48. The number of methoxy groups -OCH3 is 1. The van der Waals surface area contributed by atoms with Crippen LogP contribution in [-0.4, -0.2) is 106 Å². The molecule has 5 rings (SSSR count). The molecule has 2 aliphatic heterocycles. The van der Waals surface area contributed by atoms with Crippen molar-refractivity contribution in [1.82, 2.24) is 29.5 Å². The van der Waals surface area contributed by atoms with Crippen LogP contribution in [0.25, 0.3) is 22.3 Å². The number of benzene rings is 1. The van der Waals surface area contributed by atoms with E-state index in [2.05, 4.69) is 50.5 Å². The zero-order valence-corrected chi connectivity index (χ0v) is 30.8. The van der Waals surface area contributed by atoms with Crippen molar-refractivity contribution in [2.45, 2.75) is 104 Å². The first kappa shape index (κ1) is 36.0. The predicted molar refractivity (Wildman–Crippen MR) is 188 cm³/mol. The number of rotatable bonds is 10. The Morgan fingerprint density at radius 2 is 1.75 bits per heavy atom. The highest BCUT2D eigenvalue weighted by atomic mass is 16.7. The van der Waals surface area contributed by atoms with Gasteiger partial charge in [0.1, 0.15) is 11.4 Å². The molecule has 0 spiro atoms. The van der Waals surface area contributed by atoms with Crippen LogP contribution in [0.2, 0.25) is 0 Å². The number of pyridine rings is 1. The van der Waals surface area contributed by atoms with E-state index in [0.717, 1.165) is 85.8 Å². The Morgan fingerprint density at radius 3 is 2.40 bits per heavy atom. The van der Waals surface area contributed by atoms with Gasteiger partial charge in [-0.3, -0.25) is 9.80 Å². The lowest BCUT2D eigenvalue weighted by Crippen LogP contribution is -2.67. The molecule has 2 aliphatic rings. The Kier molecular flexibility index (Phi) is 10.7. The molecule has 48 heavy (non-hydrogen) atoms. The molecule has 3 aromatic rings. The maximum atomic E-state index is 12.6. The Labute approximate surface area is 286 Å². The number of likely N-dealkylation sites (N-methyl/N-ethyl adjacent to an activating group) is 1. The van der Waals surface area contributed by atoms with Crippen molar-refractivity contribution in [3.05, 3.63) is 41.6 Å². The first-order valence-corrected chi connectivity index (χ1v) is 17.2. The topological polar surface area (TPSA) is 94.4 Å². The largest absolute Gasteiger partial charge is 0.468 e. The van der Waals surface area contributed by atoms with E-state index in [1.54, 1.807) is 12.0 Å². The molecule has 0 N–H and O–H groups in total. The number of hydrogen-bond donors (Lipinski definition) is 0. The number of amides is 1. The average Bonchev–Trinajstić information content (AvgIpc) is 3.36. The summed E-state index contributed by atoms with van der Waals surface area (Å²) in [5, 5.41) is 6.13. The fourth-order valence-electron chi connectivity index (χ4n) is 6.76. The minimum Gasteiger partial charge on any atom is -0.468 e. The fourth-order valence-corrected chi connectivity index (χ4v) is 6.76. The van der Waals surface area contributed by atoms with E-state index in [1.165, 1.54) is 5.56 Å². The van der Waals surface area contributed by atoms with E-state index in [9.17, 15) is 4.79 Å². The second-order valence-electron chi connectivity index (χ2n) is 15.6. The minimum atomic E-state index is -0.517. The predicted octanol–water partition coefficient (Wildman–Crippen LogP) is 6.63. The maximum Gasteiger partial charge on any atom is 0.410 e. The molecule has 2 saturated heterocycles. The summed E-state index contributed by atoms with van der Waals surface area (Å²) in [6.07, 6.45) is 2.71. The van der Waals surface area contributed by atoms with Gasteiger partial charge in [0.25, 0.3) is 0 Å². The smallest absolute Gasteiger partial charge is 0.410 e. The molecule has 1 unspecified atom stereocenters. The van der Waals surface area contributed by atoms with Crippen LogP contribution in [0.3, 0.4) is 0 Å². The van der Waals surface area contributed by atoms with Crippen LogP contribution in [0.4, 0.5) is 4.79 Å². The number of fused-ring (bicyclic) bond motifs is 1. The molecule has 2 aromatic heterocycles. The van der Waals surface area contributed by atoms with E-state index in [1.807, 2.05) is 56.8 Å². The van der Waals surface area contributed by atoms with E-state index in [0.29, 0.717) is 6.54 Å². The summed E-state index contributed by atoms with van der Waals surface area (Å²) >= 11 is 0. The number of carbonyl (C=O) groups is 1. The lowest BCUT2D eigenvalue weighted by Gasteiger charge is -2.55. The second-order valence-corrected chi connectivity index (χ2v) is 15.6. The molecular formula is C37H56N6O5. The summed E-state index contributed by atoms with van der Waals surface area (Å²) in [4.78, 5) is 24.7. The highest BCUT2D eigenvalue weighted by Crippen LogP contribution is 2.36. The van der Waals surface area contributed by atoms with Crippen LogP contribution in [0, 0.1) is 6.92 Å². The van der Waals surface area contributed by atoms with Gasteiger partial charge in [-0.2, -0.15) is 5.10 Å². The molecule has 0 aliphatic carbocycles. The number of hydrogen-bond acceptors (Lipinski definition) is 9. The van der Waals surface area contributed by atoms with Gasteiger partial charge < -0.3 is 23.8 Å². The molecule has 1 aromatic carbocycles. The zero-order chi connectivity index (χ0) is 34.9. The molecular weight excluding hydrogens is 608 g/mol. The lowest BCUT2D eigenvalue weighted by atomic mass is 9.88. The zero-order valence-electron chi connectivity index (χ0n) is 30.8. The number of aromatic nitrogens is 3. The number of ether oxygens (including phenoxy) is 4.